The van der Waals surface area contributed by atoms with E-state index >= 15 is 0 Å². The Hall–Kier alpha value is -1.55. The van der Waals surface area contributed by atoms with Crippen LogP contribution < -0.4 is 0 Å². The van der Waals surface area contributed by atoms with Gasteiger partial charge in [-0.1, -0.05) is 0 Å². The average Bonchev–Trinajstić information content (AvgIpc) is 2.24. The number of nitrogens with zero attached hydrogens (tertiary/aromatic N) is 2. The van der Waals surface area contributed by atoms with E-state index < -0.39 is 18.2 Å². The van der Waals surface area contributed by atoms with Gasteiger partial charge in [-0.05, 0) is 13.3 Å². The summed E-state index contributed by atoms with van der Waals surface area (Å²) < 4.78 is 0. The van der Waals surface area contributed by atoms with Crippen molar-refractivity contribution in [2.24, 2.45) is 0 Å². The Morgan fingerprint density at radius 1 is 0.905 bits per heavy atom. The Balaban J connectivity index is 4.31. The molecule has 0 radical (unpaired) electrons. The Morgan fingerprint density at radius 3 is 1.81 bits per heavy atom. The van der Waals surface area contributed by atoms with Crippen LogP contribution in [0, 0.1) is 0 Å². The van der Waals surface area contributed by atoms with Gasteiger partial charge in [0.2, 0.25) is 0 Å². The van der Waals surface area contributed by atoms with Gasteiger partial charge >= 0.3 is 11.9 Å². The van der Waals surface area contributed by atoms with Crippen LogP contribution in [-0.2, 0) is 14.4 Å². The van der Waals surface area contributed by atoms with Crippen molar-refractivity contribution >= 4 is 17.7 Å². The number of carboxylic acids is 2. The van der Waals surface area contributed by atoms with Crippen LogP contribution in [0.4, 0.5) is 0 Å². The summed E-state index contributed by atoms with van der Waals surface area (Å²) in [5.74, 6) is -2.31. The molecule has 0 fully saturated rings. The Morgan fingerprint density at radius 2 is 1.38 bits per heavy atom. The fourth-order valence-corrected chi connectivity index (χ4v) is 1.90. The number of Topliss-reactive ketones (excluding diaryl/α,β-unsaturated/α-hetero) is 1. The molecule has 4 N–H and O–H groups in total. The maximum absolute atomic E-state index is 11.0. The van der Waals surface area contributed by atoms with Gasteiger partial charge in [-0.15, -0.1) is 0 Å². The van der Waals surface area contributed by atoms with Crippen molar-refractivity contribution in [3.8, 4) is 0 Å². The van der Waals surface area contributed by atoms with E-state index in [1.165, 1.54) is 16.7 Å². The molecule has 0 saturated carbocycles. The molecular weight excluding hydrogens is 284 g/mol. The molecule has 0 aliphatic heterocycles. The summed E-state index contributed by atoms with van der Waals surface area (Å²) >= 11 is 0. The molecule has 0 aromatic carbocycles. The summed E-state index contributed by atoms with van der Waals surface area (Å²) in [6.07, 6.45) is -1.24. The van der Waals surface area contributed by atoms with Gasteiger partial charge in [-0.25, -0.2) is 0 Å². The monoisotopic (exact) mass is 306 g/mol. The number of hydrogen-bond acceptors (Lipinski definition) is 7. The zero-order valence-corrected chi connectivity index (χ0v) is 11.9. The van der Waals surface area contributed by atoms with Crippen molar-refractivity contribution in [2.45, 2.75) is 19.6 Å². The van der Waals surface area contributed by atoms with Crippen LogP contribution in [0.5, 0.6) is 0 Å². The molecule has 0 saturated heterocycles. The van der Waals surface area contributed by atoms with E-state index in [0.717, 1.165) is 0 Å². The number of rotatable bonds is 12. The van der Waals surface area contributed by atoms with Crippen molar-refractivity contribution in [3.63, 3.8) is 0 Å². The number of ketones is 1. The molecule has 0 spiro atoms. The Labute approximate surface area is 122 Å². The molecule has 0 atom stereocenters. The number of hydrogen-bond donors (Lipinski definition) is 4. The second-order valence-corrected chi connectivity index (χ2v) is 4.77. The molecule has 0 aromatic rings. The highest BCUT2D eigenvalue weighted by Gasteiger charge is 2.15. The average molecular weight is 306 g/mol. The molecule has 0 heterocycles. The maximum Gasteiger partial charge on any atom is 0.317 e. The molecular formula is C12H22N2O7. The van der Waals surface area contributed by atoms with Crippen molar-refractivity contribution in [1.82, 2.24) is 9.80 Å². The molecule has 0 aliphatic rings. The van der Waals surface area contributed by atoms with Crippen LogP contribution in [0.15, 0.2) is 0 Å². The molecule has 0 amide bonds. The number of aliphatic hydroxyl groups excluding tert-OH is 1. The van der Waals surface area contributed by atoms with Gasteiger partial charge in [0.05, 0.1) is 19.6 Å². The van der Waals surface area contributed by atoms with Gasteiger partial charge in [0, 0.05) is 19.6 Å². The van der Waals surface area contributed by atoms with Gasteiger partial charge in [0.15, 0.2) is 6.29 Å². The van der Waals surface area contributed by atoms with Gasteiger partial charge < -0.3 is 20.4 Å². The highest BCUT2D eigenvalue weighted by atomic mass is 16.5. The summed E-state index contributed by atoms with van der Waals surface area (Å²) in [4.78, 5) is 35.1. The van der Waals surface area contributed by atoms with Crippen LogP contribution in [0.1, 0.15) is 13.3 Å². The third kappa shape index (κ3) is 11.9. The van der Waals surface area contributed by atoms with Crippen LogP contribution in [0.3, 0.4) is 0 Å². The van der Waals surface area contributed by atoms with E-state index in [9.17, 15) is 14.4 Å². The Bertz CT molecular complexity index is 344. The topological polar surface area (TPSA) is 139 Å². The smallest absolute Gasteiger partial charge is 0.317 e. The van der Waals surface area contributed by atoms with Crippen molar-refractivity contribution in [1.29, 1.82) is 0 Å². The zero-order valence-electron chi connectivity index (χ0n) is 11.9. The summed E-state index contributed by atoms with van der Waals surface area (Å²) in [5.41, 5.74) is 0. The molecule has 122 valence electrons. The minimum Gasteiger partial charge on any atom is -0.480 e. The second-order valence-electron chi connectivity index (χ2n) is 4.77. The van der Waals surface area contributed by atoms with E-state index in [0.29, 0.717) is 13.0 Å². The largest absolute Gasteiger partial charge is 0.480 e. The first-order valence-corrected chi connectivity index (χ1v) is 6.44. The lowest BCUT2D eigenvalue weighted by atomic mass is 10.3. The quantitative estimate of drug-likeness (QED) is 0.303. The highest BCUT2D eigenvalue weighted by molar-refractivity contribution is 5.78. The normalized spacial score (nSPS) is 11.3. The lowest BCUT2D eigenvalue weighted by Crippen LogP contribution is -2.39. The fourth-order valence-electron chi connectivity index (χ4n) is 1.90. The van der Waals surface area contributed by atoms with Gasteiger partial charge in [-0.2, -0.15) is 0 Å². The number of carboxylic acid groups (broad SMARTS) is 2. The first-order chi connectivity index (χ1) is 9.70. The standard InChI is InChI=1S/C12H22N2O7/c1-9(15)5-13(6-10(16)17)3-2-4-14(7-11(18)19)8-12(20)21/h11,18-19H,2-8H2,1H3,(H,16,17)(H,20,21). The molecule has 0 bridgehead atoms. The SMILES string of the molecule is CC(=O)CN(CCCN(CC(=O)O)CC(O)O)CC(=O)O. The van der Waals surface area contributed by atoms with Crippen molar-refractivity contribution < 1.29 is 34.8 Å². The van der Waals surface area contributed by atoms with Crippen LogP contribution in [-0.4, -0.2) is 93.5 Å². The molecule has 0 unspecified atom stereocenters. The van der Waals surface area contributed by atoms with Gasteiger partial charge in [-0.3, -0.25) is 24.2 Å². The molecule has 9 heteroatoms. The van der Waals surface area contributed by atoms with Crippen molar-refractivity contribution in [2.75, 3.05) is 39.3 Å². The number of aliphatic hydroxyl groups is 2. The van der Waals surface area contributed by atoms with E-state index in [1.807, 2.05) is 0 Å². The van der Waals surface area contributed by atoms with Crippen LogP contribution >= 0.6 is 0 Å². The summed E-state index contributed by atoms with van der Waals surface area (Å²) in [6.45, 7) is 1.07. The molecule has 9 nitrogen and oxygen atoms in total. The van der Waals surface area contributed by atoms with E-state index in [-0.39, 0.29) is 38.5 Å². The van der Waals surface area contributed by atoms with Gasteiger partial charge in [0.1, 0.15) is 5.78 Å². The fraction of sp³-hybridized carbons (Fsp3) is 0.750. The second kappa shape index (κ2) is 10.2. The summed E-state index contributed by atoms with van der Waals surface area (Å²) in [5, 5.41) is 35.2. The first-order valence-electron chi connectivity index (χ1n) is 6.44. The lowest BCUT2D eigenvalue weighted by Gasteiger charge is -2.23. The van der Waals surface area contributed by atoms with E-state index in [1.54, 1.807) is 0 Å². The van der Waals surface area contributed by atoms with E-state index in [2.05, 4.69) is 0 Å². The molecule has 21 heavy (non-hydrogen) atoms. The molecule has 0 aliphatic carbocycles. The minimum atomic E-state index is -1.64. The minimum absolute atomic E-state index is 0.00779. The molecule has 0 aromatic heterocycles. The molecule has 0 rings (SSSR count). The maximum atomic E-state index is 11.0. The highest BCUT2D eigenvalue weighted by Crippen LogP contribution is 1.98. The number of carbonyl (C=O) groups is 3. The summed E-state index contributed by atoms with van der Waals surface area (Å²) in [6, 6.07) is 0. The van der Waals surface area contributed by atoms with Crippen LogP contribution in [0.2, 0.25) is 0 Å². The number of carbonyl (C=O) groups excluding carboxylic acids is 1. The van der Waals surface area contributed by atoms with Crippen LogP contribution in [0.25, 0.3) is 0 Å². The predicted octanol–water partition coefficient (Wildman–Crippen LogP) is -1.95. The third-order valence-electron chi connectivity index (χ3n) is 2.53. The summed E-state index contributed by atoms with van der Waals surface area (Å²) in [7, 11) is 0. The number of aliphatic carboxylic acids is 2. The van der Waals surface area contributed by atoms with E-state index in [4.69, 9.17) is 20.4 Å². The first kappa shape index (κ1) is 19.4. The van der Waals surface area contributed by atoms with Crippen molar-refractivity contribution in [3.05, 3.63) is 0 Å². The lowest BCUT2D eigenvalue weighted by molar-refractivity contribution is -0.140. The Kier molecular flexibility index (Phi) is 9.46. The predicted molar refractivity (Wildman–Crippen MR) is 71.7 cm³/mol. The van der Waals surface area contributed by atoms with Gasteiger partial charge in [0.25, 0.3) is 0 Å². The zero-order chi connectivity index (χ0) is 16.4. The third-order valence-corrected chi connectivity index (χ3v) is 2.53.